The second kappa shape index (κ2) is 5.21. The Balaban J connectivity index is 1.90. The Morgan fingerprint density at radius 3 is 3.00 bits per heavy atom. The first kappa shape index (κ1) is 11.3. The molecule has 0 radical (unpaired) electrons. The molecule has 1 unspecified atom stereocenters. The van der Waals surface area contributed by atoms with Crippen molar-refractivity contribution in [3.63, 3.8) is 0 Å². The largest absolute Gasteiger partial charge is 0.304 e. The molecule has 1 atom stereocenters. The minimum Gasteiger partial charge on any atom is -0.304 e. The minimum atomic E-state index is 0.378. The molecule has 0 amide bonds. The molecule has 0 spiro atoms. The molecule has 5 heteroatoms. The zero-order valence-electron chi connectivity index (χ0n) is 8.24. The highest BCUT2D eigenvalue weighted by Gasteiger charge is 2.07. The Morgan fingerprint density at radius 1 is 1.53 bits per heavy atom. The lowest BCUT2D eigenvalue weighted by atomic mass is 10.2. The van der Waals surface area contributed by atoms with Crippen molar-refractivity contribution in [2.45, 2.75) is 19.5 Å². The molecule has 0 aromatic carbocycles. The SMILES string of the molecule is CC(NCc1cscn1)c1ccc(Br)s1. The lowest BCUT2D eigenvalue weighted by Crippen LogP contribution is -2.17. The standard InChI is InChI=1S/C10H11BrN2S2/c1-7(9-2-3-10(11)15-9)12-4-8-5-14-6-13-8/h2-3,5-7,12H,4H2,1H3. The third kappa shape index (κ3) is 3.11. The summed E-state index contributed by atoms with van der Waals surface area (Å²) >= 11 is 6.87. The summed E-state index contributed by atoms with van der Waals surface area (Å²) in [6.45, 7) is 3.00. The van der Waals surface area contributed by atoms with E-state index < -0.39 is 0 Å². The first-order valence-corrected chi connectivity index (χ1v) is 7.16. The average Bonchev–Trinajstić information content (AvgIpc) is 2.84. The number of halogens is 1. The highest BCUT2D eigenvalue weighted by atomic mass is 79.9. The molecule has 0 saturated carbocycles. The summed E-state index contributed by atoms with van der Waals surface area (Å²) < 4.78 is 1.18. The van der Waals surface area contributed by atoms with Crippen LogP contribution in [0.1, 0.15) is 23.5 Å². The van der Waals surface area contributed by atoms with E-state index in [-0.39, 0.29) is 0 Å². The van der Waals surface area contributed by atoms with Gasteiger partial charge in [0, 0.05) is 22.8 Å². The van der Waals surface area contributed by atoms with Gasteiger partial charge >= 0.3 is 0 Å². The second-order valence-corrected chi connectivity index (χ2v) is 6.44. The van der Waals surface area contributed by atoms with E-state index in [0.717, 1.165) is 12.2 Å². The van der Waals surface area contributed by atoms with Gasteiger partial charge in [-0.15, -0.1) is 22.7 Å². The molecule has 2 nitrogen and oxygen atoms in total. The molecule has 0 aliphatic rings. The van der Waals surface area contributed by atoms with Gasteiger partial charge in [-0.1, -0.05) is 0 Å². The summed E-state index contributed by atoms with van der Waals surface area (Å²) in [6, 6.07) is 4.61. The molecule has 0 bridgehead atoms. The van der Waals surface area contributed by atoms with Gasteiger partial charge in [-0.2, -0.15) is 0 Å². The number of nitrogens with one attached hydrogen (secondary N) is 1. The predicted molar refractivity (Wildman–Crippen MR) is 69.4 cm³/mol. The van der Waals surface area contributed by atoms with Crippen molar-refractivity contribution in [3.8, 4) is 0 Å². The molecule has 2 aromatic heterocycles. The average molecular weight is 303 g/mol. The van der Waals surface area contributed by atoms with E-state index in [1.807, 2.05) is 5.51 Å². The molecule has 0 fully saturated rings. The van der Waals surface area contributed by atoms with Crippen molar-refractivity contribution in [2.75, 3.05) is 0 Å². The van der Waals surface area contributed by atoms with Crippen LogP contribution in [0.4, 0.5) is 0 Å². The van der Waals surface area contributed by atoms with Crippen LogP contribution in [0.5, 0.6) is 0 Å². The van der Waals surface area contributed by atoms with E-state index in [1.165, 1.54) is 8.66 Å². The Kier molecular flexibility index (Phi) is 3.91. The highest BCUT2D eigenvalue weighted by Crippen LogP contribution is 2.27. The first-order valence-electron chi connectivity index (χ1n) is 4.61. The van der Waals surface area contributed by atoms with Gasteiger partial charge < -0.3 is 5.32 Å². The first-order chi connectivity index (χ1) is 7.25. The maximum Gasteiger partial charge on any atom is 0.0795 e. The minimum absolute atomic E-state index is 0.378. The number of rotatable bonds is 4. The highest BCUT2D eigenvalue weighted by molar-refractivity contribution is 9.11. The van der Waals surface area contributed by atoms with Gasteiger partial charge in [0.15, 0.2) is 0 Å². The van der Waals surface area contributed by atoms with Crippen molar-refractivity contribution >= 4 is 38.6 Å². The lowest BCUT2D eigenvalue weighted by Gasteiger charge is -2.10. The molecular weight excluding hydrogens is 292 g/mol. The number of hydrogen-bond donors (Lipinski definition) is 1. The number of aromatic nitrogens is 1. The number of nitrogens with zero attached hydrogens (tertiary/aromatic N) is 1. The zero-order valence-corrected chi connectivity index (χ0v) is 11.5. The molecule has 2 heterocycles. The van der Waals surface area contributed by atoms with Gasteiger partial charge in [0.05, 0.1) is 15.0 Å². The molecule has 0 saturated heterocycles. The third-order valence-corrected chi connectivity index (χ3v) is 4.54. The Hall–Kier alpha value is -0.230. The predicted octanol–water partition coefficient (Wildman–Crippen LogP) is 3.82. The Labute approximate surface area is 106 Å². The lowest BCUT2D eigenvalue weighted by molar-refractivity contribution is 0.577. The van der Waals surface area contributed by atoms with Crippen molar-refractivity contribution < 1.29 is 0 Å². The second-order valence-electron chi connectivity index (χ2n) is 3.22. The Morgan fingerprint density at radius 2 is 2.40 bits per heavy atom. The summed E-state index contributed by atoms with van der Waals surface area (Å²) in [4.78, 5) is 5.58. The molecular formula is C10H11BrN2S2. The summed E-state index contributed by atoms with van der Waals surface area (Å²) in [5.74, 6) is 0. The fraction of sp³-hybridized carbons (Fsp3) is 0.300. The van der Waals surface area contributed by atoms with Crippen molar-refractivity contribution in [1.82, 2.24) is 10.3 Å². The summed E-state index contributed by atoms with van der Waals surface area (Å²) in [7, 11) is 0. The van der Waals surface area contributed by atoms with Crippen LogP contribution in [0.3, 0.4) is 0 Å². The molecule has 0 aliphatic heterocycles. The summed E-state index contributed by atoms with van der Waals surface area (Å²) in [5.41, 5.74) is 2.98. The van der Waals surface area contributed by atoms with Crippen LogP contribution < -0.4 is 5.32 Å². The van der Waals surface area contributed by atoms with E-state index in [2.05, 4.69) is 50.7 Å². The van der Waals surface area contributed by atoms with Crippen LogP contribution in [-0.2, 0) is 6.54 Å². The number of thiazole rings is 1. The number of hydrogen-bond acceptors (Lipinski definition) is 4. The van der Waals surface area contributed by atoms with Crippen LogP contribution in [0, 0.1) is 0 Å². The van der Waals surface area contributed by atoms with Gasteiger partial charge in [-0.25, -0.2) is 4.98 Å². The Bertz CT molecular complexity index is 411. The van der Waals surface area contributed by atoms with Crippen LogP contribution in [0.2, 0.25) is 0 Å². The molecule has 2 rings (SSSR count). The van der Waals surface area contributed by atoms with Gasteiger partial charge in [0.2, 0.25) is 0 Å². The van der Waals surface area contributed by atoms with Gasteiger partial charge in [-0.05, 0) is 35.0 Å². The van der Waals surface area contributed by atoms with Crippen LogP contribution in [0.15, 0.2) is 26.8 Å². The zero-order chi connectivity index (χ0) is 10.7. The van der Waals surface area contributed by atoms with Gasteiger partial charge in [0.25, 0.3) is 0 Å². The normalized spacial score (nSPS) is 12.9. The smallest absolute Gasteiger partial charge is 0.0795 e. The molecule has 15 heavy (non-hydrogen) atoms. The maximum atomic E-state index is 4.24. The molecule has 80 valence electrons. The third-order valence-electron chi connectivity index (χ3n) is 2.09. The number of thiophene rings is 1. The van der Waals surface area contributed by atoms with Crippen LogP contribution >= 0.6 is 38.6 Å². The topological polar surface area (TPSA) is 24.9 Å². The summed E-state index contributed by atoms with van der Waals surface area (Å²) in [6.07, 6.45) is 0. The van der Waals surface area contributed by atoms with Crippen molar-refractivity contribution in [2.24, 2.45) is 0 Å². The van der Waals surface area contributed by atoms with Crippen LogP contribution in [-0.4, -0.2) is 4.98 Å². The van der Waals surface area contributed by atoms with E-state index in [1.54, 1.807) is 22.7 Å². The van der Waals surface area contributed by atoms with Crippen LogP contribution in [0.25, 0.3) is 0 Å². The molecule has 2 aromatic rings. The monoisotopic (exact) mass is 302 g/mol. The van der Waals surface area contributed by atoms with E-state index in [0.29, 0.717) is 6.04 Å². The van der Waals surface area contributed by atoms with E-state index in [4.69, 9.17) is 0 Å². The molecule has 1 N–H and O–H groups in total. The molecule has 0 aliphatic carbocycles. The van der Waals surface area contributed by atoms with Crippen molar-refractivity contribution in [1.29, 1.82) is 0 Å². The summed E-state index contributed by atoms with van der Waals surface area (Å²) in [5, 5.41) is 5.52. The van der Waals surface area contributed by atoms with E-state index >= 15 is 0 Å². The maximum absolute atomic E-state index is 4.24. The fourth-order valence-corrected chi connectivity index (χ4v) is 3.25. The van der Waals surface area contributed by atoms with Gasteiger partial charge in [0.1, 0.15) is 0 Å². The fourth-order valence-electron chi connectivity index (χ4n) is 1.24. The van der Waals surface area contributed by atoms with Gasteiger partial charge in [-0.3, -0.25) is 0 Å². The van der Waals surface area contributed by atoms with E-state index in [9.17, 15) is 0 Å². The van der Waals surface area contributed by atoms with Crippen molar-refractivity contribution in [3.05, 3.63) is 37.4 Å². The quantitative estimate of drug-likeness (QED) is 0.929.